The number of aliphatic imine (C=N–C) groups is 1. The molecule has 1 aliphatic rings. The Morgan fingerprint density at radius 3 is 2.52 bits per heavy atom. The smallest absolute Gasteiger partial charge is 0.244 e. The molecule has 1 amide bonds. The number of carbonyl (C=O) groups is 1. The molecule has 2 rings (SSSR count). The monoisotopic (exact) mass is 317 g/mol. The van der Waals surface area contributed by atoms with E-state index in [0.29, 0.717) is 5.96 Å². The second-order valence-corrected chi connectivity index (χ2v) is 5.86. The number of hydrogen-bond acceptors (Lipinski definition) is 3. The van der Waals surface area contributed by atoms with Crippen LogP contribution in [0.4, 0.5) is 5.69 Å². The van der Waals surface area contributed by atoms with Crippen molar-refractivity contribution >= 4 is 17.6 Å². The Hall–Kier alpha value is -2.24. The molecule has 0 radical (unpaired) electrons. The lowest BCUT2D eigenvalue weighted by molar-refractivity contribution is -0.129. The molecule has 0 saturated carbocycles. The van der Waals surface area contributed by atoms with Gasteiger partial charge in [0.25, 0.3) is 0 Å². The van der Waals surface area contributed by atoms with Crippen LogP contribution in [0.1, 0.15) is 20.3 Å². The Morgan fingerprint density at radius 1 is 1.26 bits per heavy atom. The van der Waals surface area contributed by atoms with Crippen LogP contribution in [0.15, 0.2) is 35.3 Å². The number of carbonyl (C=O) groups excluding carboxylic acids is 1. The standard InChI is InChI=1S/C17H27N5O/c1-3-14(2)20-17(18)19-13-16(23)22-11-9-21(10-12-22)15-7-5-4-6-8-15/h4-8,14H,3,9-13H2,1-2H3,(H3,18,19,20). The number of nitrogens with zero attached hydrogens (tertiary/aromatic N) is 3. The van der Waals surface area contributed by atoms with Gasteiger partial charge in [-0.3, -0.25) is 4.79 Å². The molecule has 1 atom stereocenters. The zero-order chi connectivity index (χ0) is 16.7. The van der Waals surface area contributed by atoms with Gasteiger partial charge >= 0.3 is 0 Å². The second-order valence-electron chi connectivity index (χ2n) is 5.86. The van der Waals surface area contributed by atoms with Crippen LogP contribution in [0.25, 0.3) is 0 Å². The molecule has 1 saturated heterocycles. The molecular weight excluding hydrogens is 290 g/mol. The van der Waals surface area contributed by atoms with Crippen molar-refractivity contribution < 1.29 is 4.79 Å². The lowest BCUT2D eigenvalue weighted by atomic mass is 10.2. The summed E-state index contributed by atoms with van der Waals surface area (Å²) < 4.78 is 0. The lowest BCUT2D eigenvalue weighted by Crippen LogP contribution is -2.49. The largest absolute Gasteiger partial charge is 0.370 e. The van der Waals surface area contributed by atoms with Gasteiger partial charge in [-0.1, -0.05) is 25.1 Å². The van der Waals surface area contributed by atoms with Gasteiger partial charge in [0.15, 0.2) is 5.96 Å². The van der Waals surface area contributed by atoms with Crippen LogP contribution in [-0.2, 0) is 4.79 Å². The maximum absolute atomic E-state index is 12.2. The van der Waals surface area contributed by atoms with Crippen LogP contribution >= 0.6 is 0 Å². The van der Waals surface area contributed by atoms with Crippen molar-refractivity contribution in [1.29, 1.82) is 0 Å². The molecule has 6 nitrogen and oxygen atoms in total. The van der Waals surface area contributed by atoms with Gasteiger partial charge in [0, 0.05) is 37.9 Å². The van der Waals surface area contributed by atoms with E-state index in [1.165, 1.54) is 5.69 Å². The van der Waals surface area contributed by atoms with Crippen molar-refractivity contribution in [1.82, 2.24) is 10.2 Å². The summed E-state index contributed by atoms with van der Waals surface area (Å²) in [5.41, 5.74) is 6.99. The summed E-state index contributed by atoms with van der Waals surface area (Å²) >= 11 is 0. The number of amides is 1. The first-order valence-electron chi connectivity index (χ1n) is 8.24. The number of anilines is 1. The van der Waals surface area contributed by atoms with Crippen LogP contribution in [0.2, 0.25) is 0 Å². The van der Waals surface area contributed by atoms with E-state index in [-0.39, 0.29) is 18.5 Å². The summed E-state index contributed by atoms with van der Waals surface area (Å²) in [5.74, 6) is 0.377. The Balaban J connectivity index is 1.78. The third-order valence-electron chi connectivity index (χ3n) is 4.15. The molecule has 6 heteroatoms. The highest BCUT2D eigenvalue weighted by atomic mass is 16.2. The summed E-state index contributed by atoms with van der Waals surface area (Å²) in [7, 11) is 0. The quantitative estimate of drug-likeness (QED) is 0.628. The van der Waals surface area contributed by atoms with Crippen LogP contribution in [0, 0.1) is 0 Å². The maximum atomic E-state index is 12.2. The number of nitrogens with one attached hydrogen (secondary N) is 1. The minimum Gasteiger partial charge on any atom is -0.370 e. The zero-order valence-electron chi connectivity index (χ0n) is 14.0. The topological polar surface area (TPSA) is 74.0 Å². The van der Waals surface area contributed by atoms with E-state index in [9.17, 15) is 4.79 Å². The van der Waals surface area contributed by atoms with E-state index in [1.54, 1.807) is 0 Å². The van der Waals surface area contributed by atoms with Crippen molar-refractivity contribution in [3.63, 3.8) is 0 Å². The van der Waals surface area contributed by atoms with Crippen LogP contribution in [0.5, 0.6) is 0 Å². The van der Waals surface area contributed by atoms with Gasteiger partial charge < -0.3 is 20.9 Å². The number of guanidine groups is 1. The molecule has 0 aromatic heterocycles. The first kappa shape index (κ1) is 17.1. The van der Waals surface area contributed by atoms with Crippen LogP contribution in [-0.4, -0.2) is 55.5 Å². The number of benzene rings is 1. The molecule has 3 N–H and O–H groups in total. The summed E-state index contributed by atoms with van der Waals surface area (Å²) in [4.78, 5) is 20.5. The summed E-state index contributed by atoms with van der Waals surface area (Å²) in [6.45, 7) is 7.36. The number of hydrogen-bond donors (Lipinski definition) is 2. The fraction of sp³-hybridized carbons (Fsp3) is 0.529. The highest BCUT2D eigenvalue weighted by Gasteiger charge is 2.20. The lowest BCUT2D eigenvalue weighted by Gasteiger charge is -2.36. The van der Waals surface area contributed by atoms with Crippen molar-refractivity contribution in [2.75, 3.05) is 37.6 Å². The van der Waals surface area contributed by atoms with Gasteiger partial charge in [0.05, 0.1) is 0 Å². The first-order valence-corrected chi connectivity index (χ1v) is 8.24. The molecule has 1 aromatic rings. The molecule has 0 spiro atoms. The van der Waals surface area contributed by atoms with E-state index >= 15 is 0 Å². The normalized spacial score (nSPS) is 17.0. The first-order chi connectivity index (χ1) is 11.1. The molecule has 23 heavy (non-hydrogen) atoms. The predicted molar refractivity (Wildman–Crippen MR) is 94.6 cm³/mol. The van der Waals surface area contributed by atoms with Gasteiger partial charge in [-0.15, -0.1) is 0 Å². The fourth-order valence-electron chi connectivity index (χ4n) is 2.51. The maximum Gasteiger partial charge on any atom is 0.244 e. The van der Waals surface area contributed by atoms with E-state index in [1.807, 2.05) is 30.0 Å². The van der Waals surface area contributed by atoms with E-state index in [0.717, 1.165) is 32.6 Å². The molecule has 1 aromatic carbocycles. The predicted octanol–water partition coefficient (Wildman–Crippen LogP) is 1.04. The summed E-state index contributed by atoms with van der Waals surface area (Å²) in [6, 6.07) is 10.6. The van der Waals surface area contributed by atoms with Gasteiger partial charge in [0.1, 0.15) is 6.54 Å². The number of piperazine rings is 1. The Labute approximate surface area is 138 Å². The third kappa shape index (κ3) is 5.16. The number of rotatable bonds is 5. The van der Waals surface area contributed by atoms with Gasteiger partial charge in [0.2, 0.25) is 5.91 Å². The van der Waals surface area contributed by atoms with Gasteiger partial charge in [-0.05, 0) is 25.5 Å². The van der Waals surface area contributed by atoms with E-state index in [4.69, 9.17) is 5.73 Å². The molecule has 1 heterocycles. The Kier molecular flexibility index (Phi) is 6.26. The molecule has 126 valence electrons. The minimum atomic E-state index is 0.0339. The molecular formula is C17H27N5O. The minimum absolute atomic E-state index is 0.0339. The van der Waals surface area contributed by atoms with Crippen molar-refractivity contribution in [3.8, 4) is 0 Å². The molecule has 0 bridgehead atoms. The number of nitrogens with two attached hydrogens (primary N) is 1. The molecule has 1 fully saturated rings. The fourth-order valence-corrected chi connectivity index (χ4v) is 2.51. The Morgan fingerprint density at radius 2 is 1.91 bits per heavy atom. The molecule has 1 unspecified atom stereocenters. The molecule has 0 aliphatic carbocycles. The SMILES string of the molecule is CCC(C)NC(N)=NCC(=O)N1CCN(c2ccccc2)CC1. The molecule has 1 aliphatic heterocycles. The van der Waals surface area contributed by atoms with Crippen molar-refractivity contribution in [2.24, 2.45) is 10.7 Å². The van der Waals surface area contributed by atoms with Crippen LogP contribution in [0.3, 0.4) is 0 Å². The van der Waals surface area contributed by atoms with E-state index < -0.39 is 0 Å². The average Bonchev–Trinajstić information content (AvgIpc) is 2.60. The van der Waals surface area contributed by atoms with Crippen molar-refractivity contribution in [2.45, 2.75) is 26.3 Å². The summed E-state index contributed by atoms with van der Waals surface area (Å²) in [5, 5.41) is 3.07. The van der Waals surface area contributed by atoms with Gasteiger partial charge in [-0.25, -0.2) is 4.99 Å². The number of para-hydroxylation sites is 1. The van der Waals surface area contributed by atoms with E-state index in [2.05, 4.69) is 34.3 Å². The zero-order valence-corrected chi connectivity index (χ0v) is 14.0. The van der Waals surface area contributed by atoms with Crippen LogP contribution < -0.4 is 16.0 Å². The highest BCUT2D eigenvalue weighted by Crippen LogP contribution is 2.15. The Bertz CT molecular complexity index is 523. The summed E-state index contributed by atoms with van der Waals surface area (Å²) in [6.07, 6.45) is 0.964. The van der Waals surface area contributed by atoms with Gasteiger partial charge in [-0.2, -0.15) is 0 Å². The van der Waals surface area contributed by atoms with Crippen molar-refractivity contribution in [3.05, 3.63) is 30.3 Å². The average molecular weight is 317 g/mol. The second kappa shape index (κ2) is 8.41. The highest BCUT2D eigenvalue weighted by molar-refractivity contribution is 5.84. The third-order valence-corrected chi connectivity index (χ3v) is 4.15.